The van der Waals surface area contributed by atoms with Crippen LogP contribution in [0, 0.1) is 39.8 Å². The molecule has 0 saturated carbocycles. The van der Waals surface area contributed by atoms with Crippen molar-refractivity contribution in [3.8, 4) is 22.6 Å². The molecular weight excluding hydrogens is 1400 g/mol. The Morgan fingerprint density at radius 3 is 1.28 bits per heavy atom. The van der Waals surface area contributed by atoms with Crippen molar-refractivity contribution in [1.82, 2.24) is 0 Å². The van der Waals surface area contributed by atoms with Crippen molar-refractivity contribution in [3.63, 3.8) is 0 Å². The zero-order valence-electron chi connectivity index (χ0n) is 50.5. The second-order valence-electron chi connectivity index (χ2n) is 23.4. The summed E-state index contributed by atoms with van der Waals surface area (Å²) in [5.74, 6) is 2.17. The molecule has 0 saturated heterocycles. The van der Waals surface area contributed by atoms with Gasteiger partial charge in [-0.15, -0.1) is 0 Å². The zero-order valence-corrected chi connectivity index (χ0v) is 53.9. The van der Waals surface area contributed by atoms with Crippen LogP contribution in [0.1, 0.15) is 89.6 Å². The largest absolute Gasteiger partial charge is 0.500 e. The van der Waals surface area contributed by atoms with Crippen molar-refractivity contribution in [1.29, 1.82) is 0 Å². The van der Waals surface area contributed by atoms with Gasteiger partial charge in [0, 0.05) is 36.8 Å². The van der Waals surface area contributed by atoms with Gasteiger partial charge >= 0.3 is 33.3 Å². The molecule has 1 aliphatic carbocycles. The van der Waals surface area contributed by atoms with Crippen LogP contribution < -0.4 is 30.9 Å². The van der Waals surface area contributed by atoms with E-state index in [-0.39, 0.29) is 48.8 Å². The molecule has 5 nitrogen and oxygen atoms in total. The molecule has 2 aliphatic heterocycles. The van der Waals surface area contributed by atoms with Crippen molar-refractivity contribution < 1.29 is 91.1 Å². The normalized spacial score (nSPS) is 15.3. The first-order valence-electron chi connectivity index (χ1n) is 29.2. The first-order valence-corrected chi connectivity index (χ1v) is 30.5. The molecule has 0 unspecified atom stereocenters. The van der Waals surface area contributed by atoms with Crippen LogP contribution in [0.5, 0.6) is 11.5 Å². The molecule has 92 heavy (non-hydrogen) atoms. The SMILES string of the molecule is CC(C)(O[PH+]1Oc2ccc3ccccc3c2-c2c(ccc3ccccc23)O1)[C@@H]1COC(c2ccccc2)=N1.Cc1cc(C)cc([B-](c2cc(C)cc(C(F)(F)F)c2)(c2cc(C)cc(C(F)(F)F)c2)c2cc(C(F)(F)F)cc(C(F)(F)F)c2)c1.[C-]1=CCC[C-]=CCC1.[Ir]. The second kappa shape index (κ2) is 27.5. The summed E-state index contributed by atoms with van der Waals surface area (Å²) in [6.45, 7) is 10.1. The fourth-order valence-electron chi connectivity index (χ4n) is 12.0. The molecule has 0 aromatic heterocycles. The van der Waals surface area contributed by atoms with Crippen molar-refractivity contribution in [3.05, 3.63) is 250 Å². The Morgan fingerprint density at radius 2 is 0.848 bits per heavy atom. The van der Waals surface area contributed by atoms with Gasteiger partial charge in [-0.05, 0) is 106 Å². The van der Waals surface area contributed by atoms with Gasteiger partial charge in [-0.2, -0.15) is 91.9 Å². The fraction of sp³-hybridized carbons (Fsp3) is 0.236. The first kappa shape index (κ1) is 68.7. The number of ether oxygens (including phenoxy) is 1. The summed E-state index contributed by atoms with van der Waals surface area (Å²) in [6.07, 6.45) is -9.32. The Bertz CT molecular complexity index is 4010. The van der Waals surface area contributed by atoms with Crippen LogP contribution in [0.15, 0.2) is 193 Å². The zero-order chi connectivity index (χ0) is 65.3. The summed E-state index contributed by atoms with van der Waals surface area (Å²) in [5, 5.41) is 4.54. The van der Waals surface area contributed by atoms with Crippen LogP contribution >= 0.6 is 8.60 Å². The number of aryl methyl sites for hydroxylation is 4. The smallest absolute Gasteiger partial charge is 0.486 e. The topological polar surface area (TPSA) is 49.3 Å². The van der Waals surface area contributed by atoms with Gasteiger partial charge < -0.3 is 16.9 Å². The van der Waals surface area contributed by atoms with E-state index in [9.17, 15) is 52.7 Å². The summed E-state index contributed by atoms with van der Waals surface area (Å²) in [6, 6.07) is 44.6. The van der Waals surface area contributed by atoms with E-state index >= 15 is 0 Å². The van der Waals surface area contributed by atoms with Crippen LogP contribution in [0.3, 0.4) is 0 Å². The maximum absolute atomic E-state index is 14.2. The maximum Gasteiger partial charge on any atom is 0.486 e. The van der Waals surface area contributed by atoms with Crippen LogP contribution in [0.2, 0.25) is 0 Å². The van der Waals surface area contributed by atoms with Gasteiger partial charge in [0.25, 0.3) is 0 Å². The third kappa shape index (κ3) is 15.3. The molecular formula is C72H61BF12IrNO4P-2. The van der Waals surface area contributed by atoms with E-state index in [0.29, 0.717) is 47.9 Å². The summed E-state index contributed by atoms with van der Waals surface area (Å²) in [7, 11) is -2.24. The number of aliphatic imine (C=N–C) groups is 1. The Morgan fingerprint density at radius 1 is 0.467 bits per heavy atom. The molecule has 9 aromatic carbocycles. The Labute approximate surface area is 540 Å². The molecule has 0 fully saturated rings. The van der Waals surface area contributed by atoms with Crippen molar-refractivity contribution in [2.75, 3.05) is 6.61 Å². The Hall–Kier alpha value is -7.69. The number of benzene rings is 9. The van der Waals surface area contributed by atoms with Gasteiger partial charge in [-0.1, -0.05) is 169 Å². The molecule has 481 valence electrons. The first-order chi connectivity index (χ1) is 43.0. The van der Waals surface area contributed by atoms with Gasteiger partial charge in [0.2, 0.25) is 5.90 Å². The standard InChI is InChI=1S/C32H24BF12.C32H27NO4P.C8H10.Ir/c1-17-5-18(2)9-25(8-17)33(26-10-19(3)6-21(13-26)29(34,35)36,27-11-20(4)7-22(14-27)30(37,38)39)28-15-23(31(40,41)42)12-24(16-28)32(43,44)45;1-32(2,28-20-34-31(33-28)23-12-4-3-5-13-23)37-38-35-26-18-16-21-10-6-8-14-24(21)29(26)30-25-15-9-7-11-22(25)17-19-27(30)36-38;1-2-4-6-8-7-5-3-1;/h5-16H,1-4H3;3-19,28,38H,20H2,1-2H3;1,8H,2,4-5,7H2;/q-1;+1;-2;/t;28-;;/m.0../s1. The summed E-state index contributed by atoms with van der Waals surface area (Å²) >= 11 is 0. The van der Waals surface area contributed by atoms with E-state index in [2.05, 4.69) is 85.0 Å². The van der Waals surface area contributed by atoms with Crippen LogP contribution in [0.25, 0.3) is 32.7 Å². The van der Waals surface area contributed by atoms with Crippen molar-refractivity contribution >= 4 is 64.0 Å². The predicted octanol–water partition coefficient (Wildman–Crippen LogP) is 18.7. The number of rotatable bonds is 8. The molecule has 9 aromatic rings. The van der Waals surface area contributed by atoms with Crippen LogP contribution in [-0.2, 0) is 54.1 Å². The number of fused-ring (bicyclic) bond motifs is 7. The van der Waals surface area contributed by atoms with Gasteiger partial charge in [0.15, 0.2) is 11.5 Å². The average molecular weight is 1470 g/mol. The van der Waals surface area contributed by atoms with Gasteiger partial charge in [-0.25, -0.2) is 4.99 Å². The van der Waals surface area contributed by atoms with E-state index in [4.69, 9.17) is 23.3 Å². The minimum absolute atomic E-state index is 0. The van der Waals surface area contributed by atoms with Gasteiger partial charge in [-0.3, -0.25) is 21.2 Å². The summed E-state index contributed by atoms with van der Waals surface area (Å²) in [5.41, 5.74) is -4.71. The predicted molar refractivity (Wildman–Crippen MR) is 337 cm³/mol. The van der Waals surface area contributed by atoms with E-state index < -0.39 is 83.7 Å². The monoisotopic (exact) mass is 1470 g/mol. The number of nitrogens with zero attached hydrogens (tertiary/aromatic N) is 1. The van der Waals surface area contributed by atoms with E-state index in [1.165, 1.54) is 26.0 Å². The number of allylic oxidation sites excluding steroid dienone is 4. The molecule has 1 atom stereocenters. The third-order valence-corrected chi connectivity index (χ3v) is 17.6. The van der Waals surface area contributed by atoms with Crippen LogP contribution in [-0.4, -0.2) is 30.3 Å². The van der Waals surface area contributed by atoms with E-state index in [0.717, 1.165) is 99.7 Å². The molecule has 0 amide bonds. The van der Waals surface area contributed by atoms with Crippen LogP contribution in [0.4, 0.5) is 52.7 Å². The minimum atomic E-state index is -5.35. The molecule has 0 bridgehead atoms. The van der Waals surface area contributed by atoms with Gasteiger partial charge in [0.1, 0.15) is 24.4 Å². The fourth-order valence-corrected chi connectivity index (χ4v) is 13.4. The number of alkyl halides is 12. The van der Waals surface area contributed by atoms with Crippen molar-refractivity contribution in [2.24, 2.45) is 4.99 Å². The van der Waals surface area contributed by atoms with Gasteiger partial charge in [0.05, 0.1) is 22.3 Å². The molecule has 20 heteroatoms. The third-order valence-electron chi connectivity index (χ3n) is 16.1. The van der Waals surface area contributed by atoms with Crippen molar-refractivity contribution in [2.45, 2.75) is 104 Å². The van der Waals surface area contributed by atoms with E-state index in [1.807, 2.05) is 56.3 Å². The molecule has 2 heterocycles. The number of halogens is 12. The quantitative estimate of drug-likeness (QED) is 0.0658. The van der Waals surface area contributed by atoms with E-state index in [1.54, 1.807) is 19.9 Å². The Balaban J connectivity index is 0.000000193. The molecule has 1 radical (unpaired) electrons. The molecule has 3 aliphatic rings. The molecule has 0 N–H and O–H groups in total. The molecule has 12 rings (SSSR count). The minimum Gasteiger partial charge on any atom is -0.500 e. The number of hydrogen-bond donors (Lipinski definition) is 0. The average Bonchev–Trinajstić information content (AvgIpc) is 0.739. The maximum atomic E-state index is 14.2. The second-order valence-corrected chi connectivity index (χ2v) is 24.5. The molecule has 0 spiro atoms. The summed E-state index contributed by atoms with van der Waals surface area (Å²) in [4.78, 5) is 4.86. The number of hydrogen-bond acceptors (Lipinski definition) is 5. The Kier molecular flexibility index (Phi) is 20.5. The summed E-state index contributed by atoms with van der Waals surface area (Å²) < 4.78 is 196.